The van der Waals surface area contributed by atoms with Gasteiger partial charge in [-0.15, -0.1) is 0 Å². The summed E-state index contributed by atoms with van der Waals surface area (Å²) in [5.41, 5.74) is 0.448. The number of benzene rings is 1. The van der Waals surface area contributed by atoms with E-state index in [-0.39, 0.29) is 31.5 Å². The third-order valence-corrected chi connectivity index (χ3v) is 4.41. The maximum atomic E-state index is 12.4. The minimum atomic E-state index is -0.736. The van der Waals surface area contributed by atoms with Crippen molar-refractivity contribution in [3.05, 3.63) is 42.4 Å². The van der Waals surface area contributed by atoms with Gasteiger partial charge in [-0.05, 0) is 24.3 Å². The van der Waals surface area contributed by atoms with Gasteiger partial charge in [-0.3, -0.25) is 14.4 Å². The zero-order valence-electron chi connectivity index (χ0n) is 14.3. The number of anilines is 1. The Bertz CT molecular complexity index is 871. The molecule has 0 unspecified atom stereocenters. The number of carbonyl (C=O) groups excluding carboxylic acids is 3. The lowest BCUT2D eigenvalue weighted by Gasteiger charge is -2.33. The van der Waals surface area contributed by atoms with Crippen LogP contribution in [0.15, 0.2) is 41.0 Å². The highest BCUT2D eigenvalue weighted by Gasteiger charge is 2.29. The van der Waals surface area contributed by atoms with E-state index in [0.29, 0.717) is 30.3 Å². The predicted molar refractivity (Wildman–Crippen MR) is 92.4 cm³/mol. The lowest BCUT2D eigenvalue weighted by Crippen LogP contribution is -2.52. The highest BCUT2D eigenvalue weighted by atomic mass is 16.7. The number of hydrogen-bond donors (Lipinski definition) is 1. The molecular formula is C18H17N3O6. The second kappa shape index (κ2) is 7.02. The normalized spacial score (nSPS) is 15.6. The fourth-order valence-corrected chi connectivity index (χ4v) is 2.97. The molecule has 2 aliphatic heterocycles. The Hall–Kier alpha value is -3.49. The van der Waals surface area contributed by atoms with Gasteiger partial charge in [0.25, 0.3) is 5.91 Å². The van der Waals surface area contributed by atoms with Gasteiger partial charge in [0.05, 0.1) is 6.26 Å². The molecule has 9 nitrogen and oxygen atoms in total. The van der Waals surface area contributed by atoms with Crippen LogP contribution in [0.25, 0.3) is 0 Å². The number of hydrogen-bond acceptors (Lipinski definition) is 6. The quantitative estimate of drug-likeness (QED) is 0.788. The van der Waals surface area contributed by atoms with Crippen LogP contribution in [-0.2, 0) is 9.59 Å². The van der Waals surface area contributed by atoms with E-state index >= 15 is 0 Å². The highest BCUT2D eigenvalue weighted by Crippen LogP contribution is 2.34. The van der Waals surface area contributed by atoms with Crippen LogP contribution in [0.3, 0.4) is 0 Å². The largest absolute Gasteiger partial charge is 0.459 e. The molecule has 4 rings (SSSR count). The first kappa shape index (κ1) is 17.0. The Morgan fingerprint density at radius 3 is 2.41 bits per heavy atom. The monoisotopic (exact) mass is 371 g/mol. The number of fused-ring (bicyclic) bond motifs is 1. The number of ether oxygens (including phenoxy) is 2. The van der Waals surface area contributed by atoms with Gasteiger partial charge in [-0.2, -0.15) is 0 Å². The van der Waals surface area contributed by atoms with Crippen molar-refractivity contribution in [1.82, 2.24) is 9.80 Å². The van der Waals surface area contributed by atoms with Crippen LogP contribution in [0.1, 0.15) is 10.6 Å². The van der Waals surface area contributed by atoms with E-state index in [1.165, 1.54) is 11.2 Å². The smallest absolute Gasteiger partial charge is 0.313 e. The molecule has 1 fully saturated rings. The number of piperazine rings is 1. The molecular weight excluding hydrogens is 354 g/mol. The average molecular weight is 371 g/mol. The molecule has 0 spiro atoms. The Balaban J connectivity index is 1.32. The number of furan rings is 1. The summed E-state index contributed by atoms with van der Waals surface area (Å²) in [7, 11) is 0. The summed E-state index contributed by atoms with van der Waals surface area (Å²) in [6.45, 7) is 1.36. The van der Waals surface area contributed by atoms with Gasteiger partial charge in [0, 0.05) is 37.9 Å². The van der Waals surface area contributed by atoms with E-state index in [0.717, 1.165) is 0 Å². The van der Waals surface area contributed by atoms with Crippen LogP contribution >= 0.6 is 0 Å². The Kier molecular flexibility index (Phi) is 4.41. The Morgan fingerprint density at radius 1 is 0.926 bits per heavy atom. The lowest BCUT2D eigenvalue weighted by atomic mass is 10.2. The van der Waals surface area contributed by atoms with Crippen LogP contribution < -0.4 is 14.8 Å². The van der Waals surface area contributed by atoms with Crippen molar-refractivity contribution >= 4 is 23.4 Å². The molecule has 140 valence electrons. The number of rotatable bonds is 2. The van der Waals surface area contributed by atoms with Gasteiger partial charge in [0.1, 0.15) is 0 Å². The first-order valence-electron chi connectivity index (χ1n) is 8.44. The second-order valence-electron chi connectivity index (χ2n) is 6.08. The predicted octanol–water partition coefficient (Wildman–Crippen LogP) is 0.931. The maximum Gasteiger partial charge on any atom is 0.313 e. The van der Waals surface area contributed by atoms with Crippen molar-refractivity contribution in [3.63, 3.8) is 0 Å². The molecule has 1 N–H and O–H groups in total. The summed E-state index contributed by atoms with van der Waals surface area (Å²) in [5.74, 6) is -0.230. The van der Waals surface area contributed by atoms with Gasteiger partial charge in [0.2, 0.25) is 6.79 Å². The van der Waals surface area contributed by atoms with Crippen LogP contribution in [0.4, 0.5) is 5.69 Å². The summed E-state index contributed by atoms with van der Waals surface area (Å²) in [5, 5.41) is 2.56. The third kappa shape index (κ3) is 3.43. The number of nitrogens with one attached hydrogen (secondary N) is 1. The molecule has 0 atom stereocenters. The summed E-state index contributed by atoms with van der Waals surface area (Å²) in [6, 6.07) is 8.15. The molecule has 0 saturated carbocycles. The van der Waals surface area contributed by atoms with Crippen molar-refractivity contribution in [2.75, 3.05) is 38.3 Å². The van der Waals surface area contributed by atoms with Crippen molar-refractivity contribution in [2.24, 2.45) is 0 Å². The van der Waals surface area contributed by atoms with E-state index in [4.69, 9.17) is 13.9 Å². The minimum Gasteiger partial charge on any atom is -0.459 e. The summed E-state index contributed by atoms with van der Waals surface area (Å²) in [6.07, 6.45) is 1.44. The number of nitrogens with zero attached hydrogens (tertiary/aromatic N) is 2. The van der Waals surface area contributed by atoms with Gasteiger partial charge >= 0.3 is 11.8 Å². The van der Waals surface area contributed by atoms with E-state index in [9.17, 15) is 14.4 Å². The van der Waals surface area contributed by atoms with Crippen LogP contribution in [0, 0.1) is 0 Å². The van der Waals surface area contributed by atoms with E-state index in [1.54, 1.807) is 35.2 Å². The van der Waals surface area contributed by atoms with Crippen molar-refractivity contribution in [3.8, 4) is 11.5 Å². The topological polar surface area (TPSA) is 101 Å². The summed E-state index contributed by atoms with van der Waals surface area (Å²) in [4.78, 5) is 39.9. The van der Waals surface area contributed by atoms with Crippen molar-refractivity contribution in [2.45, 2.75) is 0 Å². The number of amides is 3. The van der Waals surface area contributed by atoms with Gasteiger partial charge < -0.3 is 29.0 Å². The molecule has 2 aliphatic rings. The molecule has 0 bridgehead atoms. The van der Waals surface area contributed by atoms with E-state index in [1.807, 2.05) is 0 Å². The second-order valence-corrected chi connectivity index (χ2v) is 6.08. The highest BCUT2D eigenvalue weighted by molar-refractivity contribution is 6.39. The minimum absolute atomic E-state index is 0.132. The molecule has 0 radical (unpaired) electrons. The zero-order valence-corrected chi connectivity index (χ0v) is 14.3. The summed E-state index contributed by atoms with van der Waals surface area (Å²) >= 11 is 0. The fourth-order valence-electron chi connectivity index (χ4n) is 2.97. The van der Waals surface area contributed by atoms with Crippen LogP contribution in [-0.4, -0.2) is 60.5 Å². The molecule has 2 aromatic rings. The van der Waals surface area contributed by atoms with E-state index < -0.39 is 11.8 Å². The standard InChI is InChI=1S/C18H17N3O6/c22-16(19-12-3-4-13-15(10-12)27-11-26-13)18(24)21-7-5-20(6-8-21)17(23)14-2-1-9-25-14/h1-4,9-10H,5-8,11H2,(H,19,22). The summed E-state index contributed by atoms with van der Waals surface area (Å²) < 4.78 is 15.6. The number of carbonyl (C=O) groups is 3. The van der Waals surface area contributed by atoms with Crippen LogP contribution in [0.5, 0.6) is 11.5 Å². The molecule has 1 saturated heterocycles. The molecule has 9 heteroatoms. The van der Waals surface area contributed by atoms with Gasteiger partial charge in [0.15, 0.2) is 17.3 Å². The Morgan fingerprint density at radius 2 is 1.67 bits per heavy atom. The van der Waals surface area contributed by atoms with Gasteiger partial charge in [-0.1, -0.05) is 0 Å². The molecule has 0 aliphatic carbocycles. The average Bonchev–Trinajstić information content (AvgIpc) is 3.38. The third-order valence-electron chi connectivity index (χ3n) is 4.41. The maximum absolute atomic E-state index is 12.4. The Labute approximate surface area is 154 Å². The SMILES string of the molecule is O=C(Nc1ccc2c(c1)OCO2)C(=O)N1CCN(C(=O)c2ccco2)CC1. The first-order valence-corrected chi connectivity index (χ1v) is 8.44. The molecule has 3 heterocycles. The molecule has 27 heavy (non-hydrogen) atoms. The van der Waals surface area contributed by atoms with Crippen molar-refractivity contribution in [1.29, 1.82) is 0 Å². The van der Waals surface area contributed by atoms with Crippen molar-refractivity contribution < 1.29 is 28.3 Å². The van der Waals surface area contributed by atoms with Gasteiger partial charge in [-0.25, -0.2) is 0 Å². The molecule has 1 aromatic carbocycles. The fraction of sp³-hybridized carbons (Fsp3) is 0.278. The molecule has 1 aromatic heterocycles. The zero-order chi connectivity index (χ0) is 18.8. The van der Waals surface area contributed by atoms with Crippen LogP contribution in [0.2, 0.25) is 0 Å². The molecule has 3 amide bonds. The lowest BCUT2D eigenvalue weighted by molar-refractivity contribution is -0.144. The van der Waals surface area contributed by atoms with E-state index in [2.05, 4.69) is 5.32 Å². The first-order chi connectivity index (χ1) is 13.1.